The molecule has 6 nitrogen and oxygen atoms in total. The van der Waals surface area contributed by atoms with E-state index < -0.39 is 11.1 Å². The van der Waals surface area contributed by atoms with Crippen LogP contribution in [0, 0.1) is 5.92 Å². The minimum absolute atomic E-state index is 0.0762. The molecular weight excluding hydrogens is 258 g/mol. The number of methoxy groups -OCH3 is 1. The number of nitrogens with two attached hydrogens (primary N) is 1. The predicted molar refractivity (Wildman–Crippen MR) is 77.6 cm³/mol. The molecule has 1 rings (SSSR count). The van der Waals surface area contributed by atoms with Crippen molar-refractivity contribution >= 4 is 11.7 Å². The first kappa shape index (κ1) is 16.8. The number of nitrogens with one attached hydrogen (secondary N) is 1. The molecule has 0 spiro atoms. The van der Waals surface area contributed by atoms with Crippen molar-refractivity contribution in [1.29, 1.82) is 0 Å². The van der Waals surface area contributed by atoms with Crippen LogP contribution in [0.5, 0.6) is 0 Å². The lowest BCUT2D eigenvalue weighted by Crippen LogP contribution is -2.63. The molecule has 0 aromatic carbocycles. The molecule has 1 aliphatic rings. The zero-order valence-corrected chi connectivity index (χ0v) is 12.9. The highest BCUT2D eigenvalue weighted by atomic mass is 16.5. The van der Waals surface area contributed by atoms with Gasteiger partial charge in [-0.05, 0) is 44.9 Å². The van der Waals surface area contributed by atoms with E-state index in [1.165, 1.54) is 7.11 Å². The smallest absolute Gasteiger partial charge is 0.252 e. The molecule has 1 fully saturated rings. The number of carbonyl (C=O) groups is 1. The van der Waals surface area contributed by atoms with Crippen molar-refractivity contribution in [3.63, 3.8) is 0 Å². The molecule has 6 heteroatoms. The molecule has 1 amide bonds. The van der Waals surface area contributed by atoms with E-state index in [0.29, 0.717) is 25.2 Å². The largest absolute Gasteiger partial charge is 0.409 e. The van der Waals surface area contributed by atoms with E-state index in [1.807, 2.05) is 6.92 Å². The topological polar surface area (TPSA) is 96.9 Å². The lowest BCUT2D eigenvalue weighted by Gasteiger charge is -2.41. The molecule has 1 aliphatic carbocycles. The van der Waals surface area contributed by atoms with E-state index in [1.54, 1.807) is 6.92 Å². The number of hydrogen-bond acceptors (Lipinski definition) is 4. The molecule has 1 atom stereocenters. The number of amides is 1. The minimum Gasteiger partial charge on any atom is -0.409 e. The second-order valence-electron chi connectivity index (χ2n) is 5.99. The predicted octanol–water partition coefficient (Wildman–Crippen LogP) is 1.61. The molecule has 0 aromatic heterocycles. The van der Waals surface area contributed by atoms with Gasteiger partial charge in [-0.25, -0.2) is 0 Å². The summed E-state index contributed by atoms with van der Waals surface area (Å²) in [5, 5.41) is 15.1. The van der Waals surface area contributed by atoms with Crippen LogP contribution in [0.3, 0.4) is 0 Å². The van der Waals surface area contributed by atoms with Gasteiger partial charge in [-0.15, -0.1) is 0 Å². The maximum absolute atomic E-state index is 12.5. The Hall–Kier alpha value is -1.30. The lowest BCUT2D eigenvalue weighted by atomic mass is 9.76. The van der Waals surface area contributed by atoms with Gasteiger partial charge in [0.2, 0.25) is 0 Å². The SMILES string of the molecule is CCC(C)(OC)C(=O)NC1(C(N)=NO)CCC(C)CC1. The molecule has 0 radical (unpaired) electrons. The lowest BCUT2D eigenvalue weighted by molar-refractivity contribution is -0.143. The van der Waals surface area contributed by atoms with Crippen molar-refractivity contribution in [3.8, 4) is 0 Å². The maximum Gasteiger partial charge on any atom is 0.252 e. The zero-order valence-electron chi connectivity index (χ0n) is 12.9. The Balaban J connectivity index is 2.95. The summed E-state index contributed by atoms with van der Waals surface area (Å²) in [6.45, 7) is 5.80. The summed E-state index contributed by atoms with van der Waals surface area (Å²) < 4.78 is 5.31. The van der Waals surface area contributed by atoms with Gasteiger partial charge in [-0.2, -0.15) is 0 Å². The van der Waals surface area contributed by atoms with Gasteiger partial charge in [0.25, 0.3) is 5.91 Å². The van der Waals surface area contributed by atoms with Crippen molar-refractivity contribution < 1.29 is 14.7 Å². The second kappa shape index (κ2) is 6.43. The third-order valence-electron chi connectivity index (χ3n) is 4.68. The van der Waals surface area contributed by atoms with E-state index in [9.17, 15) is 4.79 Å². The molecule has 1 unspecified atom stereocenters. The molecule has 116 valence electrons. The van der Waals surface area contributed by atoms with Crippen LogP contribution in [0.15, 0.2) is 5.16 Å². The third-order valence-corrected chi connectivity index (χ3v) is 4.68. The summed E-state index contributed by atoms with van der Waals surface area (Å²) in [5.41, 5.74) is 4.19. The Morgan fingerprint density at radius 3 is 2.50 bits per heavy atom. The van der Waals surface area contributed by atoms with Gasteiger partial charge < -0.3 is 21.0 Å². The third kappa shape index (κ3) is 3.23. The van der Waals surface area contributed by atoms with Crippen molar-refractivity contribution in [2.45, 2.75) is 64.0 Å². The van der Waals surface area contributed by atoms with Gasteiger partial charge >= 0.3 is 0 Å². The zero-order chi connectivity index (χ0) is 15.4. The highest BCUT2D eigenvalue weighted by molar-refractivity contribution is 5.96. The fourth-order valence-corrected chi connectivity index (χ4v) is 2.54. The Labute approximate surface area is 120 Å². The average molecular weight is 285 g/mol. The molecular formula is C14H27N3O3. The van der Waals surface area contributed by atoms with Crippen LogP contribution in [-0.4, -0.2) is 35.2 Å². The monoisotopic (exact) mass is 285 g/mol. The van der Waals surface area contributed by atoms with Gasteiger partial charge in [-0.3, -0.25) is 4.79 Å². The Kier molecular flexibility index (Phi) is 5.39. The van der Waals surface area contributed by atoms with Crippen LogP contribution in [0.25, 0.3) is 0 Å². The molecule has 0 aromatic rings. The number of oxime groups is 1. The van der Waals surface area contributed by atoms with Crippen LogP contribution >= 0.6 is 0 Å². The van der Waals surface area contributed by atoms with Crippen LogP contribution in [0.2, 0.25) is 0 Å². The van der Waals surface area contributed by atoms with Crippen LogP contribution in [0.4, 0.5) is 0 Å². The summed E-state index contributed by atoms with van der Waals surface area (Å²) in [5.74, 6) is 0.447. The van der Waals surface area contributed by atoms with E-state index in [2.05, 4.69) is 17.4 Å². The van der Waals surface area contributed by atoms with Gasteiger partial charge in [0, 0.05) is 7.11 Å². The van der Waals surface area contributed by atoms with Crippen molar-refractivity contribution in [3.05, 3.63) is 0 Å². The minimum atomic E-state index is -0.897. The number of ether oxygens (including phenoxy) is 1. The quantitative estimate of drug-likeness (QED) is 0.309. The molecule has 0 heterocycles. The molecule has 1 saturated carbocycles. The number of nitrogens with zero attached hydrogens (tertiary/aromatic N) is 1. The van der Waals surface area contributed by atoms with Crippen molar-refractivity contribution in [2.75, 3.05) is 7.11 Å². The molecule has 0 bridgehead atoms. The fourth-order valence-electron chi connectivity index (χ4n) is 2.54. The van der Waals surface area contributed by atoms with E-state index in [0.717, 1.165) is 12.8 Å². The summed E-state index contributed by atoms with van der Waals surface area (Å²) in [7, 11) is 1.52. The van der Waals surface area contributed by atoms with Gasteiger partial charge in [0.1, 0.15) is 11.1 Å². The average Bonchev–Trinajstić information content (AvgIpc) is 2.47. The number of carbonyl (C=O) groups excluding carboxylic acids is 1. The molecule has 0 saturated heterocycles. The first-order valence-corrected chi connectivity index (χ1v) is 7.19. The number of amidine groups is 1. The summed E-state index contributed by atoms with van der Waals surface area (Å²) in [6, 6.07) is 0. The summed E-state index contributed by atoms with van der Waals surface area (Å²) in [6.07, 6.45) is 3.79. The highest BCUT2D eigenvalue weighted by Gasteiger charge is 2.43. The summed E-state index contributed by atoms with van der Waals surface area (Å²) in [4.78, 5) is 12.5. The van der Waals surface area contributed by atoms with Crippen LogP contribution < -0.4 is 11.1 Å². The normalized spacial score (nSPS) is 30.6. The maximum atomic E-state index is 12.5. The fraction of sp³-hybridized carbons (Fsp3) is 0.857. The summed E-state index contributed by atoms with van der Waals surface area (Å²) >= 11 is 0. The van der Waals surface area contributed by atoms with E-state index in [4.69, 9.17) is 15.7 Å². The van der Waals surface area contributed by atoms with Crippen molar-refractivity contribution in [2.24, 2.45) is 16.8 Å². The Morgan fingerprint density at radius 1 is 1.55 bits per heavy atom. The van der Waals surface area contributed by atoms with Crippen LogP contribution in [0.1, 0.15) is 52.9 Å². The van der Waals surface area contributed by atoms with E-state index in [-0.39, 0.29) is 11.7 Å². The first-order valence-electron chi connectivity index (χ1n) is 7.19. The van der Waals surface area contributed by atoms with Gasteiger partial charge in [-0.1, -0.05) is 19.0 Å². The number of hydrogen-bond donors (Lipinski definition) is 3. The van der Waals surface area contributed by atoms with Crippen LogP contribution in [-0.2, 0) is 9.53 Å². The molecule has 0 aliphatic heterocycles. The van der Waals surface area contributed by atoms with E-state index >= 15 is 0 Å². The molecule has 20 heavy (non-hydrogen) atoms. The Morgan fingerprint density at radius 2 is 2.10 bits per heavy atom. The number of rotatable bonds is 5. The Bertz CT molecular complexity index is 370. The van der Waals surface area contributed by atoms with Gasteiger partial charge in [0.15, 0.2) is 5.84 Å². The highest BCUT2D eigenvalue weighted by Crippen LogP contribution is 2.33. The first-order chi connectivity index (χ1) is 9.33. The standard InChI is InChI=1S/C14H27N3O3/c1-5-13(3,20-4)12(18)16-14(11(15)17-19)8-6-10(2)7-9-14/h10,19H,5-9H2,1-4H3,(H2,15,17)(H,16,18). The van der Waals surface area contributed by atoms with Gasteiger partial charge in [0.05, 0.1) is 0 Å². The second-order valence-corrected chi connectivity index (χ2v) is 5.99. The van der Waals surface area contributed by atoms with Crippen molar-refractivity contribution in [1.82, 2.24) is 5.32 Å². The molecule has 4 N–H and O–H groups in total.